The van der Waals surface area contributed by atoms with Crippen molar-refractivity contribution in [1.82, 2.24) is 89.4 Å². The SMILES string of the molecule is CC[C@H](C)[C@H](N)C(=O)N[C@@H](Cc1c[nH]c2ccccc12)C(=O)N[C@@H](Cc1ccc(O)cc1)C(=O)N[C@H](C(=O)N[C@@H](CC(N)=O)C(=O)N[C@@H](CS)C(=O)N[C@@H](Cc1ccccc1)C(=O)N[C@@H](C)C(=O)N[C@@H](CS)C(=O)N[C@@H](CCC(=O)O)C(=O)N[C@H](C(=O)N[C@@H](Cc1c[nH]cn1)C(=O)N[C@@H](C)C(=O)N[C@@H](CCSC)C(=O)N[C@@H](CC(C)C)C(=O)O)[C@@H](C)O)[C@@H](C)CC. The van der Waals surface area contributed by atoms with Crippen molar-refractivity contribution in [2.45, 2.75) is 230 Å². The molecule has 43 heteroatoms. The fraction of sp³-hybridized carbons (Fsp3) is 0.518. The van der Waals surface area contributed by atoms with Crippen molar-refractivity contribution in [1.29, 1.82) is 0 Å². The minimum absolute atomic E-state index is 0.0663. The van der Waals surface area contributed by atoms with Gasteiger partial charge in [-0.1, -0.05) is 115 Å². The number of H-pyrrole nitrogens is 2. The average Bonchev–Trinajstić information content (AvgIpc) is 1.67. The Morgan fingerprint density at radius 3 is 1.41 bits per heavy atom. The Labute approximate surface area is 744 Å². The number of thioether (sulfide) groups is 1. The van der Waals surface area contributed by atoms with Crippen molar-refractivity contribution in [2.75, 3.05) is 23.5 Å². The highest BCUT2D eigenvalue weighted by molar-refractivity contribution is 7.98. The number of aromatic hydroxyl groups is 1. The molecule has 3 aromatic carbocycles. The van der Waals surface area contributed by atoms with Crippen LogP contribution in [0.4, 0.5) is 0 Å². The van der Waals surface area contributed by atoms with Crippen LogP contribution in [-0.4, -0.2) is 256 Å². The van der Waals surface area contributed by atoms with Crippen molar-refractivity contribution in [3.8, 4) is 5.75 Å². The number of para-hydroxylation sites is 1. The molecule has 18 atom stereocenters. The van der Waals surface area contributed by atoms with Crippen molar-refractivity contribution in [3.05, 3.63) is 120 Å². The Balaban J connectivity index is 1.30. The van der Waals surface area contributed by atoms with E-state index in [1.54, 1.807) is 83.5 Å². The van der Waals surface area contributed by atoms with Crippen molar-refractivity contribution >= 4 is 148 Å². The summed E-state index contributed by atoms with van der Waals surface area (Å²) in [6.45, 7) is 14.0. The van der Waals surface area contributed by atoms with E-state index in [1.807, 2.05) is 25.1 Å². The van der Waals surface area contributed by atoms with Crippen molar-refractivity contribution in [3.63, 3.8) is 0 Å². The quantitative estimate of drug-likeness (QED) is 0.0187. The molecule has 40 nitrogen and oxygen atoms in total. The number of carbonyl (C=O) groups is 17. The van der Waals surface area contributed by atoms with Crippen LogP contribution in [0, 0.1) is 17.8 Å². The number of aliphatic carboxylic acids is 2. The lowest BCUT2D eigenvalue weighted by Crippen LogP contribution is -2.62. The number of phenols is 1. The van der Waals surface area contributed by atoms with Crippen LogP contribution >= 0.6 is 37.0 Å². The Morgan fingerprint density at radius 2 is 0.889 bits per heavy atom. The number of carboxylic acid groups (broad SMARTS) is 2. The van der Waals surface area contributed by atoms with Gasteiger partial charge in [-0.2, -0.15) is 37.0 Å². The molecule has 0 aliphatic rings. The molecule has 2 aromatic heterocycles. The molecule has 0 fully saturated rings. The molecule has 0 aliphatic carbocycles. The maximum Gasteiger partial charge on any atom is 0.326 e. The van der Waals surface area contributed by atoms with E-state index in [9.17, 15) is 102 Å². The van der Waals surface area contributed by atoms with Gasteiger partial charge in [0, 0.05) is 66.9 Å². The summed E-state index contributed by atoms with van der Waals surface area (Å²) in [6, 6.07) is -1.84. The largest absolute Gasteiger partial charge is 0.508 e. The summed E-state index contributed by atoms with van der Waals surface area (Å²) in [5, 5.41) is 76.4. The second-order valence-corrected chi connectivity index (χ2v) is 32.9. The molecule has 0 unspecified atom stereocenters. The molecule has 0 saturated carbocycles. The number of aromatic nitrogens is 3. The lowest BCUT2D eigenvalue weighted by Gasteiger charge is -2.29. The summed E-state index contributed by atoms with van der Waals surface area (Å²) in [5.41, 5.74) is 14.5. The number of carboxylic acids is 2. The Hall–Kier alpha value is -11.8. The van der Waals surface area contributed by atoms with Crippen LogP contribution < -0.4 is 85.9 Å². The fourth-order valence-electron chi connectivity index (χ4n) is 12.9. The number of hydrogen-bond acceptors (Lipinski definition) is 24. The molecule has 0 saturated heterocycles. The van der Waals surface area contributed by atoms with Gasteiger partial charge in [0.2, 0.25) is 88.6 Å². The highest BCUT2D eigenvalue weighted by atomic mass is 32.2. The Morgan fingerprint density at radius 1 is 0.460 bits per heavy atom. The third-order valence-corrected chi connectivity index (χ3v) is 22.1. The molecule has 0 radical (unpaired) electrons. The molecule has 126 heavy (non-hydrogen) atoms. The number of imidazole rings is 1. The van der Waals surface area contributed by atoms with E-state index in [2.05, 4.69) is 115 Å². The molecule has 5 aromatic rings. The van der Waals surface area contributed by atoms with Crippen LogP contribution in [0.1, 0.15) is 130 Å². The van der Waals surface area contributed by atoms with Gasteiger partial charge in [-0.25, -0.2) is 9.78 Å². The maximum absolute atomic E-state index is 14.8. The van der Waals surface area contributed by atoms with Gasteiger partial charge >= 0.3 is 11.9 Å². The average molecular weight is 1820 g/mol. The summed E-state index contributed by atoms with van der Waals surface area (Å²) in [4.78, 5) is 245. The minimum Gasteiger partial charge on any atom is -0.508 e. The van der Waals surface area contributed by atoms with Crippen molar-refractivity contribution < 1.29 is 102 Å². The smallest absolute Gasteiger partial charge is 0.326 e. The van der Waals surface area contributed by atoms with Crippen LogP contribution in [0.15, 0.2) is 97.6 Å². The first-order valence-corrected chi connectivity index (χ1v) is 43.7. The van der Waals surface area contributed by atoms with Crippen LogP contribution in [0.5, 0.6) is 5.75 Å². The summed E-state index contributed by atoms with van der Waals surface area (Å²) in [6.07, 6.45) is 2.00. The van der Waals surface area contributed by atoms with Crippen molar-refractivity contribution in [2.24, 2.45) is 29.2 Å². The summed E-state index contributed by atoms with van der Waals surface area (Å²) in [5.74, 6) is -19.7. The highest BCUT2D eigenvalue weighted by Gasteiger charge is 2.40. The fourth-order valence-corrected chi connectivity index (χ4v) is 13.8. The van der Waals surface area contributed by atoms with E-state index in [0.29, 0.717) is 28.9 Å². The third kappa shape index (κ3) is 33.9. The van der Waals surface area contributed by atoms with E-state index >= 15 is 0 Å². The summed E-state index contributed by atoms with van der Waals surface area (Å²) < 4.78 is 0. The maximum atomic E-state index is 14.8. The summed E-state index contributed by atoms with van der Waals surface area (Å²) >= 11 is 9.87. The molecule has 24 N–H and O–H groups in total. The molecule has 2 heterocycles. The number of primary amides is 1. The summed E-state index contributed by atoms with van der Waals surface area (Å²) in [7, 11) is 0. The zero-order valence-corrected chi connectivity index (χ0v) is 74.3. The van der Waals surface area contributed by atoms with Gasteiger partial charge in [-0.05, 0) is 105 Å². The van der Waals surface area contributed by atoms with Crippen LogP contribution in [-0.2, 0) is 107 Å². The van der Waals surface area contributed by atoms with E-state index in [0.717, 1.165) is 17.8 Å². The van der Waals surface area contributed by atoms with Gasteiger partial charge in [-0.15, -0.1) is 0 Å². The number of nitrogens with zero attached hydrogens (tertiary/aromatic N) is 1. The number of thiol groups is 2. The predicted octanol–water partition coefficient (Wildman–Crippen LogP) is -2.02. The molecule has 0 spiro atoms. The number of hydrogen-bond donors (Lipinski definition) is 24. The van der Waals surface area contributed by atoms with Gasteiger partial charge in [0.25, 0.3) is 0 Å². The number of benzene rings is 3. The number of rotatable bonds is 54. The molecule has 5 rings (SSSR count). The lowest BCUT2D eigenvalue weighted by molar-refractivity contribution is -0.143. The number of nitrogens with one attached hydrogen (secondary N) is 16. The molecule has 0 aliphatic heterocycles. The monoisotopic (exact) mass is 1810 g/mol. The zero-order chi connectivity index (χ0) is 93.8. The van der Waals surface area contributed by atoms with Gasteiger partial charge in [0.1, 0.15) is 90.3 Å². The van der Waals surface area contributed by atoms with Gasteiger partial charge in [0.05, 0.1) is 30.6 Å². The number of aliphatic hydroxyl groups excluding tert-OH is 1. The molecule has 15 amide bonds. The van der Waals surface area contributed by atoms with Gasteiger partial charge < -0.3 is 116 Å². The van der Waals surface area contributed by atoms with E-state index in [1.165, 1.54) is 62.4 Å². The second kappa shape index (κ2) is 52.2. The number of amides is 15. The van der Waals surface area contributed by atoms with E-state index in [-0.39, 0.29) is 68.2 Å². The third-order valence-electron chi connectivity index (χ3n) is 20.7. The van der Waals surface area contributed by atoms with Crippen LogP contribution in [0.2, 0.25) is 0 Å². The van der Waals surface area contributed by atoms with Crippen LogP contribution in [0.3, 0.4) is 0 Å². The number of phenolic OH excluding ortho intramolecular Hbond substituents is 1. The number of fused-ring (bicyclic) bond motifs is 1. The lowest BCUT2D eigenvalue weighted by atomic mass is 9.96. The number of aliphatic hydroxyl groups is 1. The molecular weight excluding hydrogens is 1700 g/mol. The van der Waals surface area contributed by atoms with Gasteiger partial charge in [0.15, 0.2) is 0 Å². The normalized spacial score (nSPS) is 15.5. The van der Waals surface area contributed by atoms with Crippen LogP contribution in [0.25, 0.3) is 10.9 Å². The predicted molar refractivity (Wildman–Crippen MR) is 472 cm³/mol. The highest BCUT2D eigenvalue weighted by Crippen LogP contribution is 2.22. The first kappa shape index (κ1) is 105. The number of nitrogens with two attached hydrogens (primary N) is 2. The Kier molecular flexibility index (Phi) is 43.4. The van der Waals surface area contributed by atoms with Gasteiger partial charge in [-0.3, -0.25) is 76.7 Å². The topological polar surface area (TPSA) is 636 Å². The minimum atomic E-state index is -1.95. The molecule has 690 valence electrons. The van der Waals surface area contributed by atoms with E-state index in [4.69, 9.17) is 11.5 Å². The second-order valence-electron chi connectivity index (χ2n) is 31.2. The molecule has 0 bridgehead atoms. The number of aromatic amines is 2. The molecular formula is C83H119N19O21S3. The zero-order valence-electron chi connectivity index (χ0n) is 71.7. The Bertz CT molecular complexity index is 4550. The first-order valence-electron chi connectivity index (χ1n) is 41.1. The standard InChI is InChI=1S/C83H119N19O21S3/c1-11-42(5)66(85)80(119)95-58(33-49-36-87-53-21-17-16-20-52(49)53)75(114)93-57(32-48-22-24-51(104)25-23-48)77(116)101-67(43(6)12-2)81(120)97-60(35-64(84)105)76(115)100-63(39-125)79(118)94-56(31-47-18-14-13-15-19-47)73(112)89-45(8)70(109)99-62(38-124)78(117)92-54(26-27-65(106)107)72(111)102-68(46(9)103)82(121)96-59(34-50-37-86-40-88-50)74(113)90-44(7)69(108)91-55(28-29-126-10)71(110)98-61(83(122)123)30-41(3)4/h13-25,36-37,40-46,54-63,66-68,87,103-104,124-125H,11-12,26-35,38-39,85H2,1-10H3,(H2,84,105)(H,86,88)(H,89,112)(H,90,113)(H,91,108)(H,92,117)(H,93,114)(H,94,118)(H,95,119)(H,96,121)(H,97,120)(H,98,110)(H,99,109)(H,100,115)(H,101,116)(H,102,111)(H,106,107)(H,122,123)/t42-,43-,44-,45-,46+,54-,55-,56-,57-,58-,59-,60-,61-,62-,63-,66-,67-,68-/m0/s1. The first-order chi connectivity index (χ1) is 59.6. The number of carbonyl (C=O) groups excluding carboxylic acids is 15. The van der Waals surface area contributed by atoms with E-state index < -0.39 is 234 Å².